The summed E-state index contributed by atoms with van der Waals surface area (Å²) in [5, 5.41) is 11.5. The fourth-order valence-corrected chi connectivity index (χ4v) is 2.08. The lowest BCUT2D eigenvalue weighted by Gasteiger charge is -2.31. The highest BCUT2D eigenvalue weighted by Gasteiger charge is 2.35. The zero-order chi connectivity index (χ0) is 13.9. The zero-order valence-corrected chi connectivity index (χ0v) is 10.8. The molecule has 0 aromatic carbocycles. The van der Waals surface area contributed by atoms with Gasteiger partial charge in [-0.3, -0.25) is 4.79 Å². The lowest BCUT2D eigenvalue weighted by molar-refractivity contribution is -0.137. The minimum absolute atomic E-state index is 0.0968. The third kappa shape index (κ3) is 3.14. The highest BCUT2D eigenvalue weighted by Crippen LogP contribution is 2.28. The average Bonchev–Trinajstić information content (AvgIpc) is 2.85. The number of furan rings is 1. The van der Waals surface area contributed by atoms with Crippen LogP contribution in [0.5, 0.6) is 0 Å². The van der Waals surface area contributed by atoms with Gasteiger partial charge in [0.05, 0.1) is 18.6 Å². The Kier molecular flexibility index (Phi) is 3.90. The van der Waals surface area contributed by atoms with E-state index >= 15 is 0 Å². The molecule has 104 valence electrons. The van der Waals surface area contributed by atoms with E-state index in [0.29, 0.717) is 19.0 Å². The first kappa shape index (κ1) is 13.6. The molecule has 0 radical (unpaired) electrons. The molecule has 0 saturated carbocycles. The lowest BCUT2D eigenvalue weighted by atomic mass is 9.84. The van der Waals surface area contributed by atoms with E-state index in [2.05, 4.69) is 5.32 Å². The first-order chi connectivity index (χ1) is 9.01. The Bertz CT molecular complexity index is 473. The molecule has 0 spiro atoms. The van der Waals surface area contributed by atoms with Crippen molar-refractivity contribution in [1.29, 1.82) is 0 Å². The number of rotatable bonds is 4. The van der Waals surface area contributed by atoms with Gasteiger partial charge in [-0.1, -0.05) is 0 Å². The van der Waals surface area contributed by atoms with Crippen molar-refractivity contribution >= 4 is 11.9 Å². The predicted molar refractivity (Wildman–Crippen MR) is 65.7 cm³/mol. The van der Waals surface area contributed by atoms with E-state index in [0.717, 1.165) is 12.8 Å². The topological polar surface area (TPSA) is 88.8 Å². The Labute approximate surface area is 110 Å². The predicted octanol–water partition coefficient (Wildman–Crippen LogP) is 1.41. The number of carboxylic acid groups (broad SMARTS) is 1. The van der Waals surface area contributed by atoms with E-state index < -0.39 is 11.4 Å². The van der Waals surface area contributed by atoms with Gasteiger partial charge >= 0.3 is 5.97 Å². The first-order valence-corrected chi connectivity index (χ1v) is 6.19. The van der Waals surface area contributed by atoms with Gasteiger partial charge in [0, 0.05) is 6.61 Å². The Hall–Kier alpha value is -1.82. The molecule has 19 heavy (non-hydrogen) atoms. The van der Waals surface area contributed by atoms with Crippen LogP contribution >= 0.6 is 0 Å². The Morgan fingerprint density at radius 2 is 2.26 bits per heavy atom. The van der Waals surface area contributed by atoms with E-state index in [1.165, 1.54) is 6.07 Å². The molecule has 6 heteroatoms. The smallest absolute Gasteiger partial charge is 0.371 e. The maximum atomic E-state index is 12.1. The monoisotopic (exact) mass is 267 g/mol. The molecule has 2 rings (SSSR count). The second kappa shape index (κ2) is 5.44. The molecule has 1 atom stereocenters. The van der Waals surface area contributed by atoms with Crippen molar-refractivity contribution in [2.24, 2.45) is 5.41 Å². The summed E-state index contributed by atoms with van der Waals surface area (Å²) in [6.07, 6.45) is 1.66. The van der Waals surface area contributed by atoms with Crippen molar-refractivity contribution in [3.05, 3.63) is 23.7 Å². The number of aromatic carboxylic acids is 1. The summed E-state index contributed by atoms with van der Waals surface area (Å²) in [5.74, 6) is -0.923. The van der Waals surface area contributed by atoms with Crippen molar-refractivity contribution in [3.8, 4) is 0 Å². The number of carbonyl (C=O) groups excluding carboxylic acids is 1. The van der Waals surface area contributed by atoms with Crippen molar-refractivity contribution in [1.82, 2.24) is 5.32 Å². The van der Waals surface area contributed by atoms with Gasteiger partial charge in [-0.15, -0.1) is 0 Å². The Morgan fingerprint density at radius 3 is 2.84 bits per heavy atom. The molecule has 6 nitrogen and oxygen atoms in total. The normalized spacial score (nSPS) is 23.0. The van der Waals surface area contributed by atoms with Gasteiger partial charge in [0.2, 0.25) is 11.7 Å². The molecule has 2 N–H and O–H groups in total. The lowest BCUT2D eigenvalue weighted by Crippen LogP contribution is -2.43. The molecule has 1 fully saturated rings. The van der Waals surface area contributed by atoms with Gasteiger partial charge < -0.3 is 19.6 Å². The summed E-state index contributed by atoms with van der Waals surface area (Å²) >= 11 is 0. The Morgan fingerprint density at radius 1 is 1.47 bits per heavy atom. The summed E-state index contributed by atoms with van der Waals surface area (Å²) in [4.78, 5) is 22.7. The number of ether oxygens (including phenoxy) is 1. The van der Waals surface area contributed by atoms with Crippen LogP contribution < -0.4 is 5.32 Å². The highest BCUT2D eigenvalue weighted by molar-refractivity contribution is 5.84. The van der Waals surface area contributed by atoms with Gasteiger partial charge in [-0.2, -0.15) is 0 Å². The van der Waals surface area contributed by atoms with Crippen molar-refractivity contribution in [2.75, 3.05) is 13.2 Å². The number of carboxylic acids is 1. The minimum atomic E-state index is -1.12. The van der Waals surface area contributed by atoms with Crippen LogP contribution in [-0.2, 0) is 16.1 Å². The van der Waals surface area contributed by atoms with E-state index in [1.54, 1.807) is 6.07 Å². The molecule has 2 heterocycles. The molecule has 0 unspecified atom stereocenters. The quantitative estimate of drug-likeness (QED) is 0.861. The van der Waals surface area contributed by atoms with Crippen LogP contribution in [0.1, 0.15) is 36.1 Å². The largest absolute Gasteiger partial charge is 0.475 e. The molecule has 0 aliphatic carbocycles. The molecule has 1 aromatic rings. The molecule has 1 amide bonds. The third-order valence-electron chi connectivity index (χ3n) is 3.28. The van der Waals surface area contributed by atoms with Crippen LogP contribution in [0.3, 0.4) is 0 Å². The summed E-state index contributed by atoms with van der Waals surface area (Å²) < 4.78 is 10.4. The van der Waals surface area contributed by atoms with Crippen LogP contribution in [0.4, 0.5) is 0 Å². The van der Waals surface area contributed by atoms with Crippen molar-refractivity contribution in [2.45, 2.75) is 26.3 Å². The number of amides is 1. The fourth-order valence-electron chi connectivity index (χ4n) is 2.08. The van der Waals surface area contributed by atoms with Gasteiger partial charge in [-0.25, -0.2) is 4.79 Å². The van der Waals surface area contributed by atoms with Gasteiger partial charge in [0.1, 0.15) is 5.76 Å². The van der Waals surface area contributed by atoms with Crippen molar-refractivity contribution < 1.29 is 23.8 Å². The minimum Gasteiger partial charge on any atom is -0.475 e. The van der Waals surface area contributed by atoms with Gasteiger partial charge in [0.15, 0.2) is 0 Å². The molecule has 0 bridgehead atoms. The summed E-state index contributed by atoms with van der Waals surface area (Å²) in [6, 6.07) is 2.92. The standard InChI is InChI=1S/C13H17NO5/c1-13(5-2-6-18-8-13)12(17)14-7-9-3-4-10(19-9)11(15)16/h3-4H,2,5-8H2,1H3,(H,14,17)(H,15,16)/t13-/m0/s1. The molecule has 1 aliphatic rings. The zero-order valence-electron chi connectivity index (χ0n) is 10.8. The average molecular weight is 267 g/mol. The van der Waals surface area contributed by atoms with Crippen LogP contribution in [0, 0.1) is 5.41 Å². The number of hydrogen-bond acceptors (Lipinski definition) is 4. The molecular formula is C13H17NO5. The SMILES string of the molecule is C[C@]1(C(=O)NCc2ccc(C(=O)O)o2)CCCOC1. The van der Waals surface area contributed by atoms with Crippen LogP contribution in [-0.4, -0.2) is 30.2 Å². The molecule has 1 aliphatic heterocycles. The van der Waals surface area contributed by atoms with E-state index in [-0.39, 0.29) is 18.2 Å². The second-order valence-corrected chi connectivity index (χ2v) is 4.97. The molecule has 1 aromatic heterocycles. The maximum Gasteiger partial charge on any atom is 0.371 e. The number of carbonyl (C=O) groups is 2. The Balaban J connectivity index is 1.90. The third-order valence-corrected chi connectivity index (χ3v) is 3.28. The fraction of sp³-hybridized carbons (Fsp3) is 0.538. The van der Waals surface area contributed by atoms with E-state index in [4.69, 9.17) is 14.3 Å². The van der Waals surface area contributed by atoms with Crippen LogP contribution in [0.2, 0.25) is 0 Å². The maximum absolute atomic E-state index is 12.1. The molecule has 1 saturated heterocycles. The van der Waals surface area contributed by atoms with Crippen LogP contribution in [0.25, 0.3) is 0 Å². The van der Waals surface area contributed by atoms with E-state index in [1.807, 2.05) is 6.92 Å². The van der Waals surface area contributed by atoms with E-state index in [9.17, 15) is 9.59 Å². The first-order valence-electron chi connectivity index (χ1n) is 6.19. The number of hydrogen-bond donors (Lipinski definition) is 2. The van der Waals surface area contributed by atoms with Crippen molar-refractivity contribution in [3.63, 3.8) is 0 Å². The summed E-state index contributed by atoms with van der Waals surface area (Å²) in [7, 11) is 0. The summed E-state index contributed by atoms with van der Waals surface area (Å²) in [5.41, 5.74) is -0.513. The van der Waals surface area contributed by atoms with Crippen LogP contribution in [0.15, 0.2) is 16.5 Å². The highest BCUT2D eigenvalue weighted by atomic mass is 16.5. The van der Waals surface area contributed by atoms with Gasteiger partial charge in [-0.05, 0) is 31.9 Å². The second-order valence-electron chi connectivity index (χ2n) is 4.97. The molecular weight excluding hydrogens is 250 g/mol. The van der Waals surface area contributed by atoms with Gasteiger partial charge in [0.25, 0.3) is 0 Å². The summed E-state index contributed by atoms with van der Waals surface area (Å²) in [6.45, 7) is 3.16. The number of nitrogens with one attached hydrogen (secondary N) is 1.